The number of imide groups is 1. The average molecular weight is 1120 g/mol. The van der Waals surface area contributed by atoms with Crippen LogP contribution in [0.1, 0.15) is 86.2 Å². The molecule has 1 saturated carbocycles. The van der Waals surface area contributed by atoms with Gasteiger partial charge in [-0.1, -0.05) is 32.0 Å². The largest absolute Gasteiger partial charge is 0.508 e. The molecule has 5 aromatic carbocycles. The number of nitrogens with one attached hydrogen (secondary N) is 1. The van der Waals surface area contributed by atoms with Gasteiger partial charge in [0.25, 0.3) is 5.91 Å². The summed E-state index contributed by atoms with van der Waals surface area (Å²) in [5, 5.41) is 20.5. The van der Waals surface area contributed by atoms with E-state index in [9.17, 15) is 24.3 Å². The van der Waals surface area contributed by atoms with Gasteiger partial charge in [0.05, 0.1) is 30.0 Å². The zero-order valence-corrected chi connectivity index (χ0v) is 46.8. The minimum absolute atomic E-state index is 0.00221. The molecule has 7 aromatic rings. The molecule has 0 unspecified atom stereocenters. The Bertz CT molecular complexity index is 3710. The van der Waals surface area contributed by atoms with Gasteiger partial charge in [-0.3, -0.25) is 29.3 Å². The molecule has 12 rings (SSSR count). The monoisotopic (exact) mass is 1120 g/mol. The Kier molecular flexibility index (Phi) is 14.1. The van der Waals surface area contributed by atoms with Crippen molar-refractivity contribution >= 4 is 73.7 Å². The number of piperidine rings is 1. The van der Waals surface area contributed by atoms with E-state index in [4.69, 9.17) is 29.9 Å². The number of nitrogens with two attached hydrogens (primary N) is 1. The number of aryl methyl sites for hydroxylation is 1. The summed E-state index contributed by atoms with van der Waals surface area (Å²) in [7, 11) is 5.75. The van der Waals surface area contributed by atoms with E-state index in [-0.39, 0.29) is 72.8 Å². The number of ether oxygens (including phenoxy) is 3. The van der Waals surface area contributed by atoms with Crippen molar-refractivity contribution in [2.24, 2.45) is 18.2 Å². The van der Waals surface area contributed by atoms with Crippen LogP contribution in [0.15, 0.2) is 72.8 Å². The number of fused-ring (bicyclic) bond motifs is 3. The number of anilines is 3. The highest BCUT2D eigenvalue weighted by Gasteiger charge is 2.42. The van der Waals surface area contributed by atoms with Crippen molar-refractivity contribution in [1.29, 1.82) is 0 Å². The van der Waals surface area contributed by atoms with E-state index in [0.29, 0.717) is 125 Å². The second kappa shape index (κ2) is 21.3. The molecule has 4 aliphatic heterocycles. The van der Waals surface area contributed by atoms with Crippen LogP contribution < -0.4 is 35.2 Å². The Hall–Kier alpha value is -8.17. The van der Waals surface area contributed by atoms with Crippen LogP contribution in [0, 0.1) is 17.0 Å². The third kappa shape index (κ3) is 10.7. The molecule has 5 amide bonds. The van der Waals surface area contributed by atoms with Gasteiger partial charge < -0.3 is 44.7 Å². The number of amides is 5. The van der Waals surface area contributed by atoms with Gasteiger partial charge in [0.2, 0.25) is 11.8 Å². The number of benzene rings is 5. The first-order valence-electron chi connectivity index (χ1n) is 28.1. The Labute approximate surface area is 472 Å². The number of hydrogen-bond donors (Lipinski definition) is 3. The van der Waals surface area contributed by atoms with Gasteiger partial charge in [0.15, 0.2) is 11.6 Å². The average Bonchev–Trinajstić information content (AvgIpc) is 4.43. The molecule has 428 valence electrons. The van der Waals surface area contributed by atoms with Gasteiger partial charge in [0.1, 0.15) is 35.3 Å². The second-order valence-corrected chi connectivity index (χ2v) is 23.8. The number of primary amides is 1. The topological polar surface area (TPSA) is 214 Å². The minimum Gasteiger partial charge on any atom is -0.508 e. The molecule has 1 atom stereocenters. The summed E-state index contributed by atoms with van der Waals surface area (Å²) in [5.41, 5.74) is 9.77. The Morgan fingerprint density at radius 1 is 0.902 bits per heavy atom. The number of phenols is 1. The van der Waals surface area contributed by atoms with Crippen molar-refractivity contribution < 1.29 is 47.3 Å². The SMILES string of the molecule is CN(C)CC(C)(C)COc1nc(N2CC[C@H]2CC(N)=O)c2cc(C3CC3)c(-c3cc(O)cc4ccc(F)cc34)c(OCc3ccc(C(=O)N4CCC5(CC4)CN(c4cc6c(cc4F)c(N4CCC(=O)NC4=O)nn6C)CCO5)cc3)c2n1. The molecule has 5 aliphatic rings. The van der Waals surface area contributed by atoms with Crippen LogP contribution in [-0.4, -0.2) is 143 Å². The molecule has 1 aliphatic carbocycles. The maximum atomic E-state index is 16.2. The predicted molar refractivity (Wildman–Crippen MR) is 306 cm³/mol. The number of aromatic hydroxyl groups is 1. The minimum atomic E-state index is -0.617. The molecule has 19 nitrogen and oxygen atoms in total. The Balaban J connectivity index is 0.817. The molecule has 21 heteroatoms. The van der Waals surface area contributed by atoms with E-state index in [1.165, 1.54) is 23.1 Å². The first-order valence-corrected chi connectivity index (χ1v) is 28.1. The summed E-state index contributed by atoms with van der Waals surface area (Å²) in [6.07, 6.45) is 3.88. The molecule has 6 heterocycles. The number of hydrogen-bond acceptors (Lipinski definition) is 14. The van der Waals surface area contributed by atoms with Gasteiger partial charge in [0, 0.05) is 99.1 Å². The number of morpholine rings is 1. The van der Waals surface area contributed by atoms with E-state index < -0.39 is 29.2 Å². The summed E-state index contributed by atoms with van der Waals surface area (Å²) in [6.45, 7) is 8.14. The lowest BCUT2D eigenvalue weighted by Gasteiger charge is -2.48. The van der Waals surface area contributed by atoms with E-state index >= 15 is 8.78 Å². The van der Waals surface area contributed by atoms with E-state index in [0.717, 1.165) is 36.9 Å². The fraction of sp³-hybridized carbons (Fsp3) is 0.426. The number of rotatable bonds is 16. The number of carbonyl (C=O) groups is 4. The summed E-state index contributed by atoms with van der Waals surface area (Å²) >= 11 is 0. The van der Waals surface area contributed by atoms with Crippen molar-refractivity contribution in [3.8, 4) is 28.6 Å². The molecular formula is C61H67F2N11O8. The van der Waals surface area contributed by atoms with Crippen LogP contribution in [0.2, 0.25) is 0 Å². The molecular weight excluding hydrogens is 1050 g/mol. The highest BCUT2D eigenvalue weighted by Crippen LogP contribution is 2.53. The second-order valence-electron chi connectivity index (χ2n) is 23.8. The number of likely N-dealkylation sites (tertiary alicyclic amines) is 1. The molecule has 1 spiro atoms. The highest BCUT2D eigenvalue weighted by molar-refractivity contribution is 6.09. The molecule has 82 heavy (non-hydrogen) atoms. The lowest BCUT2D eigenvalue weighted by Crippen LogP contribution is -2.57. The van der Waals surface area contributed by atoms with Crippen LogP contribution in [0.5, 0.6) is 17.5 Å². The number of urea groups is 1. The third-order valence-electron chi connectivity index (χ3n) is 16.7. The Morgan fingerprint density at radius 3 is 2.39 bits per heavy atom. The third-order valence-corrected chi connectivity index (χ3v) is 16.7. The van der Waals surface area contributed by atoms with Crippen molar-refractivity contribution in [2.75, 3.05) is 87.8 Å². The molecule has 0 radical (unpaired) electrons. The zero-order chi connectivity index (χ0) is 57.4. The van der Waals surface area contributed by atoms with Crippen LogP contribution in [0.25, 0.3) is 43.7 Å². The van der Waals surface area contributed by atoms with E-state index in [1.54, 1.807) is 48.1 Å². The van der Waals surface area contributed by atoms with Gasteiger partial charge >= 0.3 is 12.0 Å². The molecule has 4 saturated heterocycles. The molecule has 4 N–H and O–H groups in total. The number of halogens is 2. The van der Waals surface area contributed by atoms with Gasteiger partial charge in [-0.05, 0) is 134 Å². The lowest BCUT2D eigenvalue weighted by atomic mass is 9.88. The first kappa shape index (κ1) is 54.4. The first-order chi connectivity index (χ1) is 39.3. The lowest BCUT2D eigenvalue weighted by molar-refractivity contribution is -0.120. The fourth-order valence-electron chi connectivity index (χ4n) is 12.5. The summed E-state index contributed by atoms with van der Waals surface area (Å²) in [5.74, 6) is -0.429. The van der Waals surface area contributed by atoms with Crippen LogP contribution in [0.3, 0.4) is 0 Å². The van der Waals surface area contributed by atoms with Gasteiger partial charge in [-0.15, -0.1) is 0 Å². The van der Waals surface area contributed by atoms with Crippen LogP contribution in [-0.2, 0) is 28.0 Å². The maximum Gasteiger partial charge on any atom is 0.329 e. The van der Waals surface area contributed by atoms with Gasteiger partial charge in [-0.2, -0.15) is 15.1 Å². The number of aromatic nitrogens is 4. The molecule has 0 bridgehead atoms. The number of phenolic OH excluding ortho intramolecular Hbond substituents is 1. The highest BCUT2D eigenvalue weighted by atomic mass is 19.1. The van der Waals surface area contributed by atoms with Crippen molar-refractivity contribution in [3.63, 3.8) is 0 Å². The summed E-state index contributed by atoms with van der Waals surface area (Å²) < 4.78 is 53.1. The normalized spacial score (nSPS) is 18.5. The van der Waals surface area contributed by atoms with Crippen molar-refractivity contribution in [2.45, 2.75) is 83.0 Å². The Morgan fingerprint density at radius 2 is 1.68 bits per heavy atom. The smallest absolute Gasteiger partial charge is 0.329 e. The maximum absolute atomic E-state index is 16.2. The van der Waals surface area contributed by atoms with Crippen LogP contribution in [0.4, 0.5) is 30.9 Å². The van der Waals surface area contributed by atoms with Crippen molar-refractivity contribution in [3.05, 3.63) is 101 Å². The fourth-order valence-corrected chi connectivity index (χ4v) is 12.5. The van der Waals surface area contributed by atoms with E-state index in [1.807, 2.05) is 36.0 Å². The standard InChI is InChI=1S/C61H67F2N11O8/c1-60(2,32-69(3)4)34-81-58-66-53-46(55(67-58)73-18-14-40(73)26-50(64)76)28-43(36-10-11-36)52(44-27-41(75)24-38-12-13-39(62)25-42(38)44)54(53)80-31-35-6-8-37(9-7-35)57(78)71-20-16-61(17-21-71)33-72(22-23-82-61)49-30-48-45(29-47(49)63)56(68-70(48)5)74-19-15-51(77)65-59(74)79/h6-9,12-13,24-25,27-30,36,40,75H,10-11,14-23,26,31-34H2,1-5H3,(H2,64,76)(H,65,77,79)/t40-/m0/s1. The van der Waals surface area contributed by atoms with Crippen molar-refractivity contribution in [1.82, 2.24) is 34.9 Å². The predicted octanol–water partition coefficient (Wildman–Crippen LogP) is 8.16. The summed E-state index contributed by atoms with van der Waals surface area (Å²) in [4.78, 5) is 70.6. The van der Waals surface area contributed by atoms with Gasteiger partial charge in [-0.25, -0.2) is 13.6 Å². The molecule has 5 fully saturated rings. The number of carbonyl (C=O) groups excluding carboxylic acids is 4. The molecule has 2 aromatic heterocycles. The summed E-state index contributed by atoms with van der Waals surface area (Å²) in [6, 6.07) is 19.6. The number of nitrogens with zero attached hydrogens (tertiary/aromatic N) is 9. The van der Waals surface area contributed by atoms with Crippen LogP contribution >= 0.6 is 0 Å². The quantitative estimate of drug-likeness (QED) is 0.0833. The zero-order valence-electron chi connectivity index (χ0n) is 46.8. The van der Waals surface area contributed by atoms with E-state index in [2.05, 4.69) is 40.1 Å².